The van der Waals surface area contributed by atoms with E-state index in [1.807, 2.05) is 35.2 Å². The first-order valence-electron chi connectivity index (χ1n) is 7.24. The fourth-order valence-corrected chi connectivity index (χ4v) is 5.46. The molecule has 1 aromatic carbocycles. The summed E-state index contributed by atoms with van der Waals surface area (Å²) in [4.78, 5) is 6.38. The third-order valence-electron chi connectivity index (χ3n) is 4.70. The van der Waals surface area contributed by atoms with Gasteiger partial charge in [0.05, 0.1) is 17.3 Å². The topological polar surface area (TPSA) is 75.8 Å². The van der Waals surface area contributed by atoms with Crippen molar-refractivity contribution in [2.75, 3.05) is 12.8 Å². The normalized spacial score (nSPS) is 29.1. The molecule has 2 N–H and O–H groups in total. The van der Waals surface area contributed by atoms with Crippen molar-refractivity contribution in [3.8, 4) is 0 Å². The summed E-state index contributed by atoms with van der Waals surface area (Å²) in [7, 11) is -3.11. The third kappa shape index (κ3) is 2.41. The van der Waals surface area contributed by atoms with Crippen molar-refractivity contribution in [3.05, 3.63) is 35.9 Å². The average molecular weight is 307 g/mol. The lowest BCUT2D eigenvalue weighted by atomic mass is 9.95. The van der Waals surface area contributed by atoms with E-state index in [1.54, 1.807) is 0 Å². The molecule has 0 radical (unpaired) electrons. The Morgan fingerprint density at radius 3 is 2.76 bits per heavy atom. The first kappa shape index (κ1) is 14.4. The molecule has 3 rings (SSSR count). The molecule has 1 aromatic rings. The maximum absolute atomic E-state index is 12.2. The summed E-state index contributed by atoms with van der Waals surface area (Å²) in [5, 5.41) is -0.376. The smallest absolute Gasteiger partial charge is 0.192 e. The lowest BCUT2D eigenvalue weighted by Gasteiger charge is -2.40. The molecule has 5 nitrogen and oxygen atoms in total. The highest BCUT2D eigenvalue weighted by Crippen LogP contribution is 2.42. The molecule has 2 unspecified atom stereocenters. The monoisotopic (exact) mass is 307 g/mol. The number of hydrogen-bond acceptors (Lipinski definition) is 5. The molecule has 114 valence electrons. The second-order valence-electron chi connectivity index (χ2n) is 6.06. The Morgan fingerprint density at radius 2 is 2.10 bits per heavy atom. The summed E-state index contributed by atoms with van der Waals surface area (Å²) in [6.45, 7) is 1.10. The van der Waals surface area contributed by atoms with Crippen LogP contribution in [0.1, 0.15) is 24.8 Å². The minimum atomic E-state index is -3.11. The molecule has 21 heavy (non-hydrogen) atoms. The molecule has 2 atom stereocenters. The van der Waals surface area contributed by atoms with E-state index in [0.717, 1.165) is 18.4 Å². The molecule has 6 heteroatoms. The Hall–Kier alpha value is -1.56. The van der Waals surface area contributed by atoms with Crippen LogP contribution in [0.2, 0.25) is 0 Å². The van der Waals surface area contributed by atoms with Gasteiger partial charge in [0, 0.05) is 12.8 Å². The van der Waals surface area contributed by atoms with Crippen molar-refractivity contribution in [2.24, 2.45) is 10.7 Å². The highest BCUT2D eigenvalue weighted by Gasteiger charge is 2.54. The van der Waals surface area contributed by atoms with Crippen LogP contribution in [0.5, 0.6) is 0 Å². The summed E-state index contributed by atoms with van der Waals surface area (Å²) in [5.41, 5.74) is 6.74. The number of rotatable bonds is 3. The molecule has 1 saturated carbocycles. The molecule has 1 fully saturated rings. The van der Waals surface area contributed by atoms with Crippen LogP contribution in [-0.2, 0) is 16.4 Å². The van der Waals surface area contributed by atoms with E-state index in [2.05, 4.69) is 4.99 Å². The predicted molar refractivity (Wildman–Crippen MR) is 83.7 cm³/mol. The zero-order valence-corrected chi connectivity index (χ0v) is 13.0. The van der Waals surface area contributed by atoms with E-state index in [4.69, 9.17) is 5.73 Å². The molecule has 1 aliphatic carbocycles. The van der Waals surface area contributed by atoms with Crippen molar-refractivity contribution in [3.63, 3.8) is 0 Å². The van der Waals surface area contributed by atoms with Crippen molar-refractivity contribution in [1.82, 2.24) is 4.90 Å². The van der Waals surface area contributed by atoms with Gasteiger partial charge in [-0.2, -0.15) is 0 Å². The van der Waals surface area contributed by atoms with Gasteiger partial charge >= 0.3 is 0 Å². The first-order valence-corrected chi connectivity index (χ1v) is 9.19. The van der Waals surface area contributed by atoms with Gasteiger partial charge in [-0.15, -0.1) is 0 Å². The van der Waals surface area contributed by atoms with Gasteiger partial charge in [-0.25, -0.2) is 8.42 Å². The molecule has 1 spiro atoms. The Labute approximate surface area is 125 Å². The standard InChI is InChI=1S/C15H21N3O2S/c1-21(19,20)13-8-5-9-15(13)11-17-14(16)18(15)10-12-6-3-2-4-7-12/h2-4,6-7,13H,5,8-11H2,1H3,(H2,16,17). The van der Waals surface area contributed by atoms with Crippen LogP contribution >= 0.6 is 0 Å². The van der Waals surface area contributed by atoms with Crippen molar-refractivity contribution in [2.45, 2.75) is 36.6 Å². The molecule has 0 bridgehead atoms. The van der Waals surface area contributed by atoms with E-state index in [-0.39, 0.29) is 5.25 Å². The zero-order valence-electron chi connectivity index (χ0n) is 12.2. The summed E-state index contributed by atoms with van der Waals surface area (Å²) < 4.78 is 24.4. The van der Waals surface area contributed by atoms with Crippen LogP contribution in [0.4, 0.5) is 0 Å². The van der Waals surface area contributed by atoms with Gasteiger partial charge in [0.1, 0.15) is 0 Å². The summed E-state index contributed by atoms with van der Waals surface area (Å²) in [6, 6.07) is 9.99. The number of nitrogens with zero attached hydrogens (tertiary/aromatic N) is 2. The van der Waals surface area contributed by atoms with E-state index < -0.39 is 15.4 Å². The number of hydrogen-bond donors (Lipinski definition) is 1. The number of sulfone groups is 1. The maximum atomic E-state index is 12.2. The highest BCUT2D eigenvalue weighted by molar-refractivity contribution is 7.91. The fourth-order valence-electron chi connectivity index (χ4n) is 3.75. The number of nitrogens with two attached hydrogens (primary N) is 1. The fraction of sp³-hybridized carbons (Fsp3) is 0.533. The SMILES string of the molecule is CS(=O)(=O)C1CCCC12CN=C(N)N2Cc1ccccc1. The molecule has 0 amide bonds. The second kappa shape index (κ2) is 5.02. The molecule has 2 aliphatic rings. The Morgan fingerprint density at radius 1 is 1.38 bits per heavy atom. The zero-order chi connectivity index (χ0) is 15.1. The summed E-state index contributed by atoms with van der Waals surface area (Å²) in [5.74, 6) is 0.467. The second-order valence-corrected chi connectivity index (χ2v) is 8.29. The van der Waals surface area contributed by atoms with Gasteiger partial charge in [0.2, 0.25) is 0 Å². The van der Waals surface area contributed by atoms with Crippen LogP contribution in [0.3, 0.4) is 0 Å². The van der Waals surface area contributed by atoms with Crippen LogP contribution in [-0.4, -0.2) is 42.9 Å². The first-order chi connectivity index (χ1) is 9.93. The highest BCUT2D eigenvalue weighted by atomic mass is 32.2. The van der Waals surface area contributed by atoms with E-state index >= 15 is 0 Å². The molecule has 1 aliphatic heterocycles. The molecular weight excluding hydrogens is 286 g/mol. The van der Waals surface area contributed by atoms with Gasteiger partial charge in [-0.05, 0) is 24.8 Å². The van der Waals surface area contributed by atoms with Crippen LogP contribution in [0, 0.1) is 0 Å². The predicted octanol–water partition coefficient (Wildman–Crippen LogP) is 1.15. The lowest BCUT2D eigenvalue weighted by Crippen LogP contribution is -2.57. The molecule has 0 saturated heterocycles. The molecule has 1 heterocycles. The van der Waals surface area contributed by atoms with Crippen LogP contribution in [0.15, 0.2) is 35.3 Å². The van der Waals surface area contributed by atoms with Crippen molar-refractivity contribution >= 4 is 15.8 Å². The Kier molecular flexibility index (Phi) is 3.43. The maximum Gasteiger partial charge on any atom is 0.192 e. The Balaban J connectivity index is 1.95. The molecule has 0 aromatic heterocycles. The van der Waals surface area contributed by atoms with E-state index in [0.29, 0.717) is 25.5 Å². The van der Waals surface area contributed by atoms with Crippen LogP contribution in [0.25, 0.3) is 0 Å². The van der Waals surface area contributed by atoms with Gasteiger partial charge in [0.15, 0.2) is 15.8 Å². The van der Waals surface area contributed by atoms with Gasteiger partial charge in [-0.1, -0.05) is 30.3 Å². The number of benzene rings is 1. The van der Waals surface area contributed by atoms with Gasteiger partial charge < -0.3 is 10.6 Å². The van der Waals surface area contributed by atoms with Crippen molar-refractivity contribution in [1.29, 1.82) is 0 Å². The van der Waals surface area contributed by atoms with Gasteiger partial charge in [-0.3, -0.25) is 4.99 Å². The summed E-state index contributed by atoms with van der Waals surface area (Å²) >= 11 is 0. The van der Waals surface area contributed by atoms with E-state index in [1.165, 1.54) is 6.26 Å². The number of aliphatic imine (C=N–C) groups is 1. The lowest BCUT2D eigenvalue weighted by molar-refractivity contribution is 0.201. The largest absolute Gasteiger partial charge is 0.370 e. The molecular formula is C15H21N3O2S. The minimum absolute atomic E-state index is 0.376. The average Bonchev–Trinajstić information content (AvgIpc) is 3.00. The number of guanidine groups is 1. The van der Waals surface area contributed by atoms with Crippen molar-refractivity contribution < 1.29 is 8.42 Å². The minimum Gasteiger partial charge on any atom is -0.370 e. The Bertz CT molecular complexity index is 657. The summed E-state index contributed by atoms with van der Waals surface area (Å²) in [6.07, 6.45) is 3.78. The third-order valence-corrected chi connectivity index (χ3v) is 6.41. The van der Waals surface area contributed by atoms with Gasteiger partial charge in [0.25, 0.3) is 0 Å². The van der Waals surface area contributed by atoms with E-state index in [9.17, 15) is 8.42 Å². The quantitative estimate of drug-likeness (QED) is 0.909. The van der Waals surface area contributed by atoms with Crippen LogP contribution < -0.4 is 5.73 Å².